The van der Waals surface area contributed by atoms with Gasteiger partial charge in [0.25, 0.3) is 5.78 Å². The number of hydrogen-bond acceptors (Lipinski definition) is 5. The van der Waals surface area contributed by atoms with Crippen LogP contribution >= 0.6 is 0 Å². The SMILES string of the molecule is Cc1cc(NCCCN2CCCC2=O)n2ncnc2n1. The molecular weight excluding hydrogens is 256 g/mol. The number of carbonyl (C=O) groups excluding carboxylic acids is 1. The first-order chi connectivity index (χ1) is 9.74. The number of amides is 1. The van der Waals surface area contributed by atoms with Crippen molar-refractivity contribution < 1.29 is 4.79 Å². The average molecular weight is 274 g/mol. The number of nitrogens with one attached hydrogen (secondary N) is 1. The summed E-state index contributed by atoms with van der Waals surface area (Å²) >= 11 is 0. The molecule has 106 valence electrons. The van der Waals surface area contributed by atoms with Gasteiger partial charge in [0.2, 0.25) is 5.91 Å². The molecule has 7 heteroatoms. The first kappa shape index (κ1) is 12.8. The van der Waals surface area contributed by atoms with Crippen molar-refractivity contribution in [2.75, 3.05) is 25.0 Å². The third-order valence-corrected chi connectivity index (χ3v) is 3.46. The van der Waals surface area contributed by atoms with Gasteiger partial charge in [0, 0.05) is 37.8 Å². The predicted octanol–water partition coefficient (Wildman–Crippen LogP) is 0.857. The van der Waals surface area contributed by atoms with E-state index in [1.165, 1.54) is 6.33 Å². The lowest BCUT2D eigenvalue weighted by Crippen LogP contribution is -2.27. The zero-order chi connectivity index (χ0) is 13.9. The maximum Gasteiger partial charge on any atom is 0.254 e. The third-order valence-electron chi connectivity index (χ3n) is 3.46. The highest BCUT2D eigenvalue weighted by atomic mass is 16.2. The van der Waals surface area contributed by atoms with Crippen LogP contribution in [0.2, 0.25) is 0 Å². The highest BCUT2D eigenvalue weighted by Crippen LogP contribution is 2.11. The fourth-order valence-corrected chi connectivity index (χ4v) is 2.48. The molecule has 7 nitrogen and oxygen atoms in total. The van der Waals surface area contributed by atoms with Gasteiger partial charge in [0.15, 0.2) is 0 Å². The summed E-state index contributed by atoms with van der Waals surface area (Å²) in [4.78, 5) is 21.8. The monoisotopic (exact) mass is 274 g/mol. The van der Waals surface area contributed by atoms with Crippen LogP contribution in [-0.2, 0) is 4.79 Å². The fourth-order valence-electron chi connectivity index (χ4n) is 2.48. The second-order valence-electron chi connectivity index (χ2n) is 5.02. The summed E-state index contributed by atoms with van der Waals surface area (Å²) in [5, 5.41) is 7.48. The Labute approximate surface area is 117 Å². The minimum Gasteiger partial charge on any atom is -0.370 e. The normalized spacial score (nSPS) is 15.2. The second-order valence-corrected chi connectivity index (χ2v) is 5.02. The summed E-state index contributed by atoms with van der Waals surface area (Å²) in [6.07, 6.45) is 4.12. The van der Waals surface area contributed by atoms with Crippen LogP contribution in [0.25, 0.3) is 5.78 Å². The molecule has 1 saturated heterocycles. The molecule has 1 amide bonds. The second kappa shape index (κ2) is 5.44. The molecule has 1 N–H and O–H groups in total. The van der Waals surface area contributed by atoms with E-state index in [0.717, 1.165) is 44.0 Å². The number of carbonyl (C=O) groups is 1. The summed E-state index contributed by atoms with van der Waals surface area (Å²) in [7, 11) is 0. The summed E-state index contributed by atoms with van der Waals surface area (Å²) in [5.41, 5.74) is 0.905. The molecule has 2 aromatic heterocycles. The molecule has 3 rings (SSSR count). The fraction of sp³-hybridized carbons (Fsp3) is 0.538. The van der Waals surface area contributed by atoms with E-state index in [2.05, 4.69) is 20.4 Å². The standard InChI is InChI=1S/C13H18N6O/c1-10-8-11(19-13(17-10)15-9-16-19)14-5-3-7-18-6-2-4-12(18)20/h8-9,14H,2-7H2,1H3. The van der Waals surface area contributed by atoms with Crippen molar-refractivity contribution in [1.82, 2.24) is 24.5 Å². The van der Waals surface area contributed by atoms with Crippen LogP contribution in [0.1, 0.15) is 25.0 Å². The molecule has 1 fully saturated rings. The van der Waals surface area contributed by atoms with Gasteiger partial charge < -0.3 is 10.2 Å². The molecule has 0 aromatic carbocycles. The molecule has 3 heterocycles. The maximum absolute atomic E-state index is 11.5. The van der Waals surface area contributed by atoms with Gasteiger partial charge in [-0.1, -0.05) is 0 Å². The number of rotatable bonds is 5. The molecule has 0 bridgehead atoms. The van der Waals surface area contributed by atoms with Crippen LogP contribution in [0.5, 0.6) is 0 Å². The number of nitrogens with zero attached hydrogens (tertiary/aromatic N) is 5. The quantitative estimate of drug-likeness (QED) is 0.818. The third kappa shape index (κ3) is 2.56. The lowest BCUT2D eigenvalue weighted by Gasteiger charge is -2.15. The Hall–Kier alpha value is -2.18. The predicted molar refractivity (Wildman–Crippen MR) is 74.4 cm³/mol. The van der Waals surface area contributed by atoms with E-state index >= 15 is 0 Å². The molecular formula is C13H18N6O. The van der Waals surface area contributed by atoms with Gasteiger partial charge in [0.05, 0.1) is 0 Å². The average Bonchev–Trinajstić information content (AvgIpc) is 3.03. The molecule has 1 aliphatic rings. The number of anilines is 1. The van der Waals surface area contributed by atoms with Crippen LogP contribution in [0.4, 0.5) is 5.82 Å². The van der Waals surface area contributed by atoms with Crippen molar-refractivity contribution in [2.45, 2.75) is 26.2 Å². The van der Waals surface area contributed by atoms with E-state index in [1.54, 1.807) is 4.52 Å². The number of fused-ring (bicyclic) bond motifs is 1. The Morgan fingerprint density at radius 3 is 3.15 bits per heavy atom. The van der Waals surface area contributed by atoms with Crippen molar-refractivity contribution in [3.63, 3.8) is 0 Å². The summed E-state index contributed by atoms with van der Waals surface area (Å²) < 4.78 is 1.69. The summed E-state index contributed by atoms with van der Waals surface area (Å²) in [6, 6.07) is 1.95. The Kier molecular flexibility index (Phi) is 3.49. The maximum atomic E-state index is 11.5. The van der Waals surface area contributed by atoms with Gasteiger partial charge >= 0.3 is 0 Å². The number of aromatic nitrogens is 4. The Bertz CT molecular complexity index is 622. The van der Waals surface area contributed by atoms with E-state index in [0.29, 0.717) is 12.2 Å². The van der Waals surface area contributed by atoms with E-state index in [-0.39, 0.29) is 5.91 Å². The largest absolute Gasteiger partial charge is 0.370 e. The molecule has 0 atom stereocenters. The van der Waals surface area contributed by atoms with Gasteiger partial charge in [0.1, 0.15) is 12.1 Å². The lowest BCUT2D eigenvalue weighted by atomic mass is 10.3. The van der Waals surface area contributed by atoms with Crippen LogP contribution in [0, 0.1) is 6.92 Å². The highest BCUT2D eigenvalue weighted by molar-refractivity contribution is 5.78. The van der Waals surface area contributed by atoms with Crippen molar-refractivity contribution in [3.8, 4) is 0 Å². The summed E-state index contributed by atoms with van der Waals surface area (Å²) in [6.45, 7) is 4.45. The minimum absolute atomic E-state index is 0.281. The highest BCUT2D eigenvalue weighted by Gasteiger charge is 2.18. The topological polar surface area (TPSA) is 75.4 Å². The van der Waals surface area contributed by atoms with E-state index in [1.807, 2.05) is 17.9 Å². The lowest BCUT2D eigenvalue weighted by molar-refractivity contribution is -0.127. The van der Waals surface area contributed by atoms with Gasteiger partial charge in [-0.3, -0.25) is 4.79 Å². The van der Waals surface area contributed by atoms with Crippen LogP contribution < -0.4 is 5.32 Å². The van der Waals surface area contributed by atoms with Gasteiger partial charge in [-0.15, -0.1) is 0 Å². The number of likely N-dealkylation sites (tertiary alicyclic amines) is 1. The van der Waals surface area contributed by atoms with Crippen LogP contribution in [-0.4, -0.2) is 50.0 Å². The molecule has 20 heavy (non-hydrogen) atoms. The molecule has 0 unspecified atom stereocenters. The molecule has 1 aliphatic heterocycles. The van der Waals surface area contributed by atoms with Gasteiger partial charge in [-0.2, -0.15) is 14.6 Å². The van der Waals surface area contributed by atoms with Crippen molar-refractivity contribution in [2.24, 2.45) is 0 Å². The Balaban J connectivity index is 1.57. The van der Waals surface area contributed by atoms with Crippen molar-refractivity contribution >= 4 is 17.5 Å². The minimum atomic E-state index is 0.281. The molecule has 0 saturated carbocycles. The Morgan fingerprint density at radius 2 is 2.35 bits per heavy atom. The zero-order valence-electron chi connectivity index (χ0n) is 11.5. The zero-order valence-corrected chi connectivity index (χ0v) is 11.5. The van der Waals surface area contributed by atoms with Gasteiger partial charge in [-0.05, 0) is 19.8 Å². The van der Waals surface area contributed by atoms with E-state index in [9.17, 15) is 4.79 Å². The first-order valence-corrected chi connectivity index (χ1v) is 6.93. The Morgan fingerprint density at radius 1 is 1.45 bits per heavy atom. The molecule has 0 spiro atoms. The van der Waals surface area contributed by atoms with E-state index < -0.39 is 0 Å². The number of hydrogen-bond donors (Lipinski definition) is 1. The molecule has 0 aliphatic carbocycles. The van der Waals surface area contributed by atoms with E-state index in [4.69, 9.17) is 0 Å². The smallest absolute Gasteiger partial charge is 0.254 e. The number of aryl methyl sites for hydroxylation is 1. The first-order valence-electron chi connectivity index (χ1n) is 6.93. The van der Waals surface area contributed by atoms with Crippen LogP contribution in [0.3, 0.4) is 0 Å². The van der Waals surface area contributed by atoms with Crippen molar-refractivity contribution in [3.05, 3.63) is 18.1 Å². The molecule has 2 aromatic rings. The van der Waals surface area contributed by atoms with Gasteiger partial charge in [-0.25, -0.2) is 4.98 Å². The molecule has 0 radical (unpaired) electrons. The van der Waals surface area contributed by atoms with Crippen molar-refractivity contribution in [1.29, 1.82) is 0 Å². The van der Waals surface area contributed by atoms with Crippen LogP contribution in [0.15, 0.2) is 12.4 Å². The summed E-state index contributed by atoms with van der Waals surface area (Å²) in [5.74, 6) is 1.77.